The zero-order valence-electron chi connectivity index (χ0n) is 11.8. The number of carbonyl (C=O) groups is 1. The first-order chi connectivity index (χ1) is 9.09. The predicted molar refractivity (Wildman–Crippen MR) is 76.9 cm³/mol. The van der Waals surface area contributed by atoms with Crippen molar-refractivity contribution in [1.29, 1.82) is 0 Å². The Bertz CT molecular complexity index is 559. The molecule has 0 amide bonds. The minimum Gasteiger partial charge on any atom is -0.478 e. The Morgan fingerprint density at radius 1 is 1.20 bits per heavy atom. The highest BCUT2D eigenvalue weighted by molar-refractivity contribution is 7.87. The molecule has 6 nitrogen and oxygen atoms in total. The minimum atomic E-state index is -3.53. The third kappa shape index (κ3) is 6.14. The molecule has 0 aliphatic heterocycles. The normalized spacial score (nSPS) is 12.3. The Balaban J connectivity index is 2.50. The molecule has 0 aromatic heterocycles. The zero-order valence-corrected chi connectivity index (χ0v) is 12.6. The standard InChI is InChI=1S/C13H20N2O4S/c1-13(2,3)15-20(18,19)14-9-8-10-4-6-11(7-5-10)12(16)17/h4-7,14-15H,8-9H2,1-3H3,(H,16,17). The highest BCUT2D eigenvalue weighted by atomic mass is 32.2. The molecular weight excluding hydrogens is 280 g/mol. The van der Waals surface area contributed by atoms with Crippen LogP contribution in [0.2, 0.25) is 0 Å². The molecule has 0 saturated heterocycles. The molecule has 0 radical (unpaired) electrons. The Labute approximate surface area is 119 Å². The molecule has 0 fully saturated rings. The number of carboxylic acids is 1. The van der Waals surface area contributed by atoms with E-state index < -0.39 is 21.7 Å². The molecule has 3 N–H and O–H groups in total. The van der Waals surface area contributed by atoms with Gasteiger partial charge >= 0.3 is 5.97 Å². The lowest BCUT2D eigenvalue weighted by molar-refractivity contribution is 0.0697. The fourth-order valence-electron chi connectivity index (χ4n) is 1.58. The van der Waals surface area contributed by atoms with E-state index in [2.05, 4.69) is 9.44 Å². The van der Waals surface area contributed by atoms with E-state index >= 15 is 0 Å². The number of hydrogen-bond donors (Lipinski definition) is 3. The van der Waals surface area contributed by atoms with Crippen molar-refractivity contribution < 1.29 is 18.3 Å². The van der Waals surface area contributed by atoms with Crippen LogP contribution >= 0.6 is 0 Å². The smallest absolute Gasteiger partial charge is 0.335 e. The first-order valence-electron chi connectivity index (χ1n) is 6.20. The summed E-state index contributed by atoms with van der Waals surface area (Å²) in [6.45, 7) is 5.53. The predicted octanol–water partition coefficient (Wildman–Crippen LogP) is 1.15. The van der Waals surface area contributed by atoms with Gasteiger partial charge in [-0.1, -0.05) is 12.1 Å². The largest absolute Gasteiger partial charge is 0.478 e. The van der Waals surface area contributed by atoms with Gasteiger partial charge in [-0.25, -0.2) is 9.52 Å². The summed E-state index contributed by atoms with van der Waals surface area (Å²) in [6.07, 6.45) is 0.491. The van der Waals surface area contributed by atoms with Crippen LogP contribution in [0.25, 0.3) is 0 Å². The third-order valence-electron chi connectivity index (χ3n) is 2.35. The number of aromatic carboxylic acids is 1. The van der Waals surface area contributed by atoms with E-state index in [9.17, 15) is 13.2 Å². The van der Waals surface area contributed by atoms with Crippen molar-refractivity contribution in [3.05, 3.63) is 35.4 Å². The number of hydrogen-bond acceptors (Lipinski definition) is 3. The first kappa shape index (κ1) is 16.6. The zero-order chi connectivity index (χ0) is 15.4. The van der Waals surface area contributed by atoms with Crippen LogP contribution in [0.4, 0.5) is 0 Å². The lowest BCUT2D eigenvalue weighted by atomic mass is 10.1. The van der Waals surface area contributed by atoms with Crippen molar-refractivity contribution >= 4 is 16.2 Å². The number of rotatable bonds is 6. The maximum absolute atomic E-state index is 11.7. The van der Waals surface area contributed by atoms with Crippen molar-refractivity contribution in [1.82, 2.24) is 9.44 Å². The van der Waals surface area contributed by atoms with Gasteiger partial charge in [-0.15, -0.1) is 0 Å². The maximum Gasteiger partial charge on any atom is 0.335 e. The van der Waals surface area contributed by atoms with Crippen molar-refractivity contribution in [3.63, 3.8) is 0 Å². The summed E-state index contributed by atoms with van der Waals surface area (Å²) < 4.78 is 28.3. The van der Waals surface area contributed by atoms with Crippen molar-refractivity contribution in [2.75, 3.05) is 6.54 Å². The van der Waals surface area contributed by atoms with E-state index in [0.29, 0.717) is 6.42 Å². The molecule has 1 rings (SSSR count). The fourth-order valence-corrected chi connectivity index (χ4v) is 2.83. The van der Waals surface area contributed by atoms with Crippen molar-refractivity contribution in [3.8, 4) is 0 Å². The molecule has 0 aliphatic rings. The van der Waals surface area contributed by atoms with Crippen LogP contribution in [0.1, 0.15) is 36.7 Å². The topological polar surface area (TPSA) is 95.5 Å². The van der Waals surface area contributed by atoms with Crippen LogP contribution in [0.15, 0.2) is 24.3 Å². The van der Waals surface area contributed by atoms with Gasteiger partial charge in [-0.3, -0.25) is 0 Å². The molecule has 112 valence electrons. The lowest BCUT2D eigenvalue weighted by Gasteiger charge is -2.20. The maximum atomic E-state index is 11.7. The molecule has 0 bridgehead atoms. The van der Waals surface area contributed by atoms with Crippen LogP contribution in [-0.2, 0) is 16.6 Å². The van der Waals surface area contributed by atoms with Gasteiger partial charge in [0, 0.05) is 12.1 Å². The summed E-state index contributed by atoms with van der Waals surface area (Å²) in [7, 11) is -3.53. The number of carboxylic acid groups (broad SMARTS) is 1. The van der Waals surface area contributed by atoms with E-state index in [1.165, 1.54) is 12.1 Å². The molecule has 20 heavy (non-hydrogen) atoms. The summed E-state index contributed by atoms with van der Waals surface area (Å²) >= 11 is 0. The Morgan fingerprint density at radius 2 is 1.75 bits per heavy atom. The van der Waals surface area contributed by atoms with E-state index in [0.717, 1.165) is 5.56 Å². The van der Waals surface area contributed by atoms with Crippen LogP contribution in [-0.4, -0.2) is 31.6 Å². The first-order valence-corrected chi connectivity index (χ1v) is 7.68. The average Bonchev–Trinajstić information content (AvgIpc) is 2.26. The van der Waals surface area contributed by atoms with E-state index in [4.69, 9.17) is 5.11 Å². The van der Waals surface area contributed by atoms with Gasteiger partial charge in [0.05, 0.1) is 5.56 Å². The monoisotopic (exact) mass is 300 g/mol. The second-order valence-electron chi connectivity index (χ2n) is 5.50. The third-order valence-corrected chi connectivity index (χ3v) is 3.81. The Kier molecular flexibility index (Phi) is 5.27. The second-order valence-corrected chi connectivity index (χ2v) is 7.00. The highest BCUT2D eigenvalue weighted by Gasteiger charge is 2.18. The molecule has 0 atom stereocenters. The van der Waals surface area contributed by atoms with E-state index in [1.807, 2.05) is 0 Å². The van der Waals surface area contributed by atoms with Gasteiger partial charge in [-0.05, 0) is 44.9 Å². The molecule has 0 aliphatic carbocycles. The van der Waals surface area contributed by atoms with Crippen LogP contribution < -0.4 is 9.44 Å². The Hall–Kier alpha value is -1.44. The summed E-state index contributed by atoms with van der Waals surface area (Å²) in [5, 5.41) is 8.77. The van der Waals surface area contributed by atoms with Crippen LogP contribution in [0.5, 0.6) is 0 Å². The van der Waals surface area contributed by atoms with Gasteiger partial charge < -0.3 is 5.11 Å². The average molecular weight is 300 g/mol. The number of benzene rings is 1. The quantitative estimate of drug-likeness (QED) is 0.734. The van der Waals surface area contributed by atoms with Crippen LogP contribution in [0.3, 0.4) is 0 Å². The second kappa shape index (κ2) is 6.34. The molecule has 0 unspecified atom stereocenters. The molecule has 1 aromatic carbocycles. The van der Waals surface area contributed by atoms with E-state index in [1.54, 1.807) is 32.9 Å². The van der Waals surface area contributed by atoms with Gasteiger partial charge in [0.15, 0.2) is 0 Å². The molecule has 7 heteroatoms. The SMILES string of the molecule is CC(C)(C)NS(=O)(=O)NCCc1ccc(C(=O)O)cc1. The molecule has 1 aromatic rings. The summed E-state index contributed by atoms with van der Waals surface area (Å²) in [6, 6.07) is 6.35. The summed E-state index contributed by atoms with van der Waals surface area (Å²) in [4.78, 5) is 10.7. The molecule has 0 spiro atoms. The van der Waals surface area contributed by atoms with Gasteiger partial charge in [0.25, 0.3) is 10.2 Å². The molecular formula is C13H20N2O4S. The van der Waals surface area contributed by atoms with Crippen molar-refractivity contribution in [2.45, 2.75) is 32.7 Å². The minimum absolute atomic E-state index is 0.212. The van der Waals surface area contributed by atoms with Gasteiger partial charge in [-0.2, -0.15) is 13.1 Å². The number of nitrogens with one attached hydrogen (secondary N) is 2. The van der Waals surface area contributed by atoms with Crippen molar-refractivity contribution in [2.24, 2.45) is 0 Å². The van der Waals surface area contributed by atoms with Crippen LogP contribution in [0, 0.1) is 0 Å². The molecule has 0 saturated carbocycles. The molecule has 0 heterocycles. The van der Waals surface area contributed by atoms with Gasteiger partial charge in [0.1, 0.15) is 0 Å². The van der Waals surface area contributed by atoms with E-state index in [-0.39, 0.29) is 12.1 Å². The summed E-state index contributed by atoms with van der Waals surface area (Å²) in [5.41, 5.74) is 0.548. The Morgan fingerprint density at radius 3 is 2.20 bits per heavy atom. The fraction of sp³-hybridized carbons (Fsp3) is 0.462. The summed E-state index contributed by atoms with van der Waals surface area (Å²) in [5.74, 6) is -0.980. The highest BCUT2D eigenvalue weighted by Crippen LogP contribution is 2.05. The van der Waals surface area contributed by atoms with Gasteiger partial charge in [0.2, 0.25) is 0 Å². The lowest BCUT2D eigenvalue weighted by Crippen LogP contribution is -2.47.